The van der Waals surface area contributed by atoms with Crippen LogP contribution < -0.4 is 4.74 Å². The fourth-order valence-electron chi connectivity index (χ4n) is 2.99. The first kappa shape index (κ1) is 17.8. The van der Waals surface area contributed by atoms with Crippen LogP contribution in [0.15, 0.2) is 54.6 Å². The SMILES string of the molecule is O=C(COc1ccc(Cl)cc1)N1CCCN(Cc2ccccc2)CC1. The number of carbonyl (C=O) groups excluding carboxylic acids is 1. The maximum Gasteiger partial charge on any atom is 0.260 e. The molecule has 0 N–H and O–H groups in total. The highest BCUT2D eigenvalue weighted by atomic mass is 35.5. The lowest BCUT2D eigenvalue weighted by Crippen LogP contribution is -2.38. The van der Waals surface area contributed by atoms with E-state index >= 15 is 0 Å². The van der Waals surface area contributed by atoms with Crippen LogP contribution in [-0.4, -0.2) is 48.5 Å². The highest BCUT2D eigenvalue weighted by molar-refractivity contribution is 6.30. The average molecular weight is 359 g/mol. The summed E-state index contributed by atoms with van der Waals surface area (Å²) in [5, 5.41) is 0.657. The molecule has 1 amide bonds. The number of hydrogen-bond donors (Lipinski definition) is 0. The zero-order valence-electron chi connectivity index (χ0n) is 14.2. The molecule has 0 unspecified atom stereocenters. The molecule has 1 aliphatic heterocycles. The molecule has 132 valence electrons. The molecule has 1 saturated heterocycles. The van der Waals surface area contributed by atoms with Crippen LogP contribution in [0.5, 0.6) is 5.75 Å². The van der Waals surface area contributed by atoms with Crippen molar-refractivity contribution >= 4 is 17.5 Å². The Morgan fingerprint density at radius 2 is 1.72 bits per heavy atom. The van der Waals surface area contributed by atoms with Crippen molar-refractivity contribution in [2.45, 2.75) is 13.0 Å². The third-order valence-corrected chi connectivity index (χ3v) is 4.62. The molecule has 0 aromatic heterocycles. The van der Waals surface area contributed by atoms with Gasteiger partial charge in [0.2, 0.25) is 0 Å². The Labute approximate surface area is 154 Å². The van der Waals surface area contributed by atoms with Crippen LogP contribution in [0.2, 0.25) is 5.02 Å². The van der Waals surface area contributed by atoms with Crippen molar-refractivity contribution in [2.24, 2.45) is 0 Å². The topological polar surface area (TPSA) is 32.8 Å². The van der Waals surface area contributed by atoms with E-state index in [9.17, 15) is 4.79 Å². The van der Waals surface area contributed by atoms with Crippen molar-refractivity contribution in [1.29, 1.82) is 0 Å². The first-order valence-corrected chi connectivity index (χ1v) is 9.01. The molecule has 0 saturated carbocycles. The normalized spacial score (nSPS) is 15.6. The van der Waals surface area contributed by atoms with E-state index in [0.717, 1.165) is 39.1 Å². The van der Waals surface area contributed by atoms with Gasteiger partial charge in [0.15, 0.2) is 6.61 Å². The zero-order chi connectivity index (χ0) is 17.5. The molecule has 25 heavy (non-hydrogen) atoms. The molecule has 0 radical (unpaired) electrons. The fraction of sp³-hybridized carbons (Fsp3) is 0.350. The number of rotatable bonds is 5. The van der Waals surface area contributed by atoms with E-state index in [1.54, 1.807) is 24.3 Å². The van der Waals surface area contributed by atoms with Crippen LogP contribution in [0.4, 0.5) is 0 Å². The third-order valence-electron chi connectivity index (χ3n) is 4.37. The Balaban J connectivity index is 1.47. The highest BCUT2D eigenvalue weighted by Gasteiger charge is 2.19. The summed E-state index contributed by atoms with van der Waals surface area (Å²) in [4.78, 5) is 16.7. The van der Waals surface area contributed by atoms with E-state index in [1.165, 1.54) is 5.56 Å². The van der Waals surface area contributed by atoms with E-state index in [0.29, 0.717) is 10.8 Å². The van der Waals surface area contributed by atoms with Crippen LogP contribution in [-0.2, 0) is 11.3 Å². The predicted molar refractivity (Wildman–Crippen MR) is 99.9 cm³/mol. The largest absolute Gasteiger partial charge is 0.484 e. The summed E-state index contributed by atoms with van der Waals surface area (Å²) in [7, 11) is 0. The highest BCUT2D eigenvalue weighted by Crippen LogP contribution is 2.16. The lowest BCUT2D eigenvalue weighted by atomic mass is 10.2. The molecule has 0 aliphatic carbocycles. The minimum Gasteiger partial charge on any atom is -0.484 e. The fourth-order valence-corrected chi connectivity index (χ4v) is 3.11. The molecular formula is C20H23ClN2O2. The van der Waals surface area contributed by atoms with Crippen molar-refractivity contribution in [3.8, 4) is 5.75 Å². The van der Waals surface area contributed by atoms with Gasteiger partial charge in [-0.15, -0.1) is 0 Å². The second-order valence-corrected chi connectivity index (χ2v) is 6.68. The maximum atomic E-state index is 12.4. The number of hydrogen-bond acceptors (Lipinski definition) is 3. The predicted octanol–water partition coefficient (Wildman–Crippen LogP) is 3.45. The molecule has 5 heteroatoms. The summed E-state index contributed by atoms with van der Waals surface area (Å²) < 4.78 is 5.58. The molecule has 2 aromatic carbocycles. The Kier molecular flexibility index (Phi) is 6.31. The molecule has 0 spiro atoms. The van der Waals surface area contributed by atoms with Crippen LogP contribution in [0, 0.1) is 0 Å². The van der Waals surface area contributed by atoms with Crippen molar-refractivity contribution in [1.82, 2.24) is 9.80 Å². The first-order valence-electron chi connectivity index (χ1n) is 8.63. The molecule has 3 rings (SSSR count). The van der Waals surface area contributed by atoms with E-state index in [1.807, 2.05) is 11.0 Å². The van der Waals surface area contributed by atoms with Crippen molar-refractivity contribution in [2.75, 3.05) is 32.8 Å². The number of halogens is 1. The Morgan fingerprint density at radius 1 is 0.960 bits per heavy atom. The Bertz CT molecular complexity index is 676. The lowest BCUT2D eigenvalue weighted by molar-refractivity contribution is -0.133. The van der Waals surface area contributed by atoms with Gasteiger partial charge in [0.05, 0.1) is 0 Å². The first-order chi connectivity index (χ1) is 12.2. The molecule has 1 heterocycles. The second kappa shape index (κ2) is 8.88. The van der Waals surface area contributed by atoms with Crippen molar-refractivity contribution in [3.63, 3.8) is 0 Å². The van der Waals surface area contributed by atoms with E-state index in [4.69, 9.17) is 16.3 Å². The van der Waals surface area contributed by atoms with Crippen LogP contribution >= 0.6 is 11.6 Å². The smallest absolute Gasteiger partial charge is 0.260 e. The molecule has 0 bridgehead atoms. The third kappa shape index (κ3) is 5.48. The van der Waals surface area contributed by atoms with E-state index < -0.39 is 0 Å². The van der Waals surface area contributed by atoms with Gasteiger partial charge in [-0.05, 0) is 36.2 Å². The minimum atomic E-state index is 0.0384. The summed E-state index contributed by atoms with van der Waals surface area (Å²) in [5.41, 5.74) is 1.31. The van der Waals surface area contributed by atoms with Gasteiger partial charge in [0.25, 0.3) is 5.91 Å². The van der Waals surface area contributed by atoms with Crippen LogP contribution in [0.3, 0.4) is 0 Å². The van der Waals surface area contributed by atoms with Gasteiger partial charge >= 0.3 is 0 Å². The summed E-state index contributed by atoms with van der Waals surface area (Å²) in [5.74, 6) is 0.704. The number of nitrogens with zero attached hydrogens (tertiary/aromatic N) is 2. The van der Waals surface area contributed by atoms with Gasteiger partial charge in [-0.3, -0.25) is 9.69 Å². The van der Waals surface area contributed by atoms with Gasteiger partial charge < -0.3 is 9.64 Å². The number of amides is 1. The van der Waals surface area contributed by atoms with Gasteiger partial charge in [0.1, 0.15) is 5.75 Å². The number of carbonyl (C=O) groups is 1. The van der Waals surface area contributed by atoms with Crippen LogP contribution in [0.1, 0.15) is 12.0 Å². The Morgan fingerprint density at radius 3 is 2.48 bits per heavy atom. The quantitative estimate of drug-likeness (QED) is 0.820. The standard InChI is InChI=1S/C20H23ClN2O2/c21-18-7-9-19(10-8-18)25-16-20(24)23-12-4-11-22(13-14-23)15-17-5-2-1-3-6-17/h1-3,5-10H,4,11-16H2. The molecule has 1 fully saturated rings. The van der Waals surface area contributed by atoms with Crippen molar-refractivity contribution < 1.29 is 9.53 Å². The summed E-state index contributed by atoms with van der Waals surface area (Å²) in [6, 6.07) is 17.5. The molecule has 1 aliphatic rings. The van der Waals surface area contributed by atoms with Crippen molar-refractivity contribution in [3.05, 3.63) is 65.2 Å². The summed E-state index contributed by atoms with van der Waals surface area (Å²) >= 11 is 5.85. The van der Waals surface area contributed by atoms with E-state index in [-0.39, 0.29) is 12.5 Å². The molecule has 0 atom stereocenters. The number of benzene rings is 2. The second-order valence-electron chi connectivity index (χ2n) is 6.24. The monoisotopic (exact) mass is 358 g/mol. The van der Waals surface area contributed by atoms with Gasteiger partial charge in [0, 0.05) is 37.7 Å². The molecular weight excluding hydrogens is 336 g/mol. The van der Waals surface area contributed by atoms with Gasteiger partial charge in [-0.25, -0.2) is 0 Å². The van der Waals surface area contributed by atoms with Gasteiger partial charge in [-0.2, -0.15) is 0 Å². The maximum absolute atomic E-state index is 12.4. The van der Waals surface area contributed by atoms with Gasteiger partial charge in [-0.1, -0.05) is 41.9 Å². The average Bonchev–Trinajstić information content (AvgIpc) is 2.87. The van der Waals surface area contributed by atoms with Crippen LogP contribution in [0.25, 0.3) is 0 Å². The minimum absolute atomic E-state index is 0.0384. The van der Waals surface area contributed by atoms with E-state index in [2.05, 4.69) is 29.2 Å². The molecule has 4 nitrogen and oxygen atoms in total. The molecule has 2 aromatic rings. The summed E-state index contributed by atoms with van der Waals surface area (Å²) in [6.45, 7) is 4.44. The zero-order valence-corrected chi connectivity index (χ0v) is 15.0. The Hall–Kier alpha value is -2.04. The summed E-state index contributed by atoms with van der Waals surface area (Å²) in [6.07, 6.45) is 0.986. The number of ether oxygens (including phenoxy) is 1. The lowest BCUT2D eigenvalue weighted by Gasteiger charge is -2.22.